The number of benzene rings is 2. The summed E-state index contributed by atoms with van der Waals surface area (Å²) in [7, 11) is 1.97. The number of imidazole rings is 1. The molecule has 3 aromatic rings. The van der Waals surface area contributed by atoms with Crippen molar-refractivity contribution >= 4 is 0 Å². The number of ether oxygens (including phenoxy) is 1. The summed E-state index contributed by atoms with van der Waals surface area (Å²) in [6, 6.07) is 17.4. The maximum Gasteiger partial charge on any atom is 0.146 e. The van der Waals surface area contributed by atoms with Crippen LogP contribution in [-0.2, 0) is 26.6 Å². The lowest BCUT2D eigenvalue weighted by atomic mass is 9.86. The molecule has 1 aliphatic rings. The molecule has 0 aliphatic heterocycles. The van der Waals surface area contributed by atoms with Gasteiger partial charge in [-0.25, -0.2) is 4.98 Å². The summed E-state index contributed by atoms with van der Waals surface area (Å²) in [6.45, 7) is 2.12. The Hall–Kier alpha value is -2.63. The van der Waals surface area contributed by atoms with Crippen LogP contribution >= 0.6 is 0 Å². The van der Waals surface area contributed by atoms with Crippen molar-refractivity contribution < 1.29 is 9.84 Å². The van der Waals surface area contributed by atoms with Crippen LogP contribution in [-0.4, -0.2) is 32.7 Å². The quantitative estimate of drug-likeness (QED) is 0.633. The van der Waals surface area contributed by atoms with Gasteiger partial charge in [-0.05, 0) is 48.1 Å². The zero-order chi connectivity index (χ0) is 20.1. The number of hydrogen-bond donors (Lipinski definition) is 1. The number of nitrogens with zero attached hydrogens (tertiary/aromatic N) is 3. The maximum atomic E-state index is 9.65. The van der Waals surface area contributed by atoms with Crippen LogP contribution in [0.4, 0.5) is 0 Å². The minimum atomic E-state index is 0.170. The van der Waals surface area contributed by atoms with E-state index in [1.807, 2.05) is 29.9 Å². The van der Waals surface area contributed by atoms with Gasteiger partial charge in [-0.15, -0.1) is 0 Å². The molecule has 29 heavy (non-hydrogen) atoms. The molecule has 0 saturated carbocycles. The molecule has 0 bridgehead atoms. The lowest BCUT2D eigenvalue weighted by Crippen LogP contribution is -2.33. The van der Waals surface area contributed by atoms with Gasteiger partial charge in [0.2, 0.25) is 0 Å². The van der Waals surface area contributed by atoms with E-state index in [0.717, 1.165) is 31.0 Å². The number of rotatable bonds is 8. The topological polar surface area (TPSA) is 50.5 Å². The second-order valence-electron chi connectivity index (χ2n) is 7.69. The molecule has 5 nitrogen and oxygen atoms in total. The summed E-state index contributed by atoms with van der Waals surface area (Å²) in [4.78, 5) is 6.69. The molecule has 1 atom stereocenters. The van der Waals surface area contributed by atoms with Crippen LogP contribution in [0.3, 0.4) is 0 Å². The summed E-state index contributed by atoms with van der Waals surface area (Å²) < 4.78 is 7.83. The molecule has 0 radical (unpaired) electrons. The molecule has 4 rings (SSSR count). The van der Waals surface area contributed by atoms with Crippen LogP contribution in [0.2, 0.25) is 0 Å². The van der Waals surface area contributed by atoms with Crippen LogP contribution in [0.5, 0.6) is 5.75 Å². The summed E-state index contributed by atoms with van der Waals surface area (Å²) in [5.74, 6) is 1.74. The Balaban J connectivity index is 1.43. The van der Waals surface area contributed by atoms with E-state index in [0.29, 0.717) is 19.2 Å². The fourth-order valence-electron chi connectivity index (χ4n) is 4.19. The van der Waals surface area contributed by atoms with Crippen molar-refractivity contribution in [3.8, 4) is 5.75 Å². The lowest BCUT2D eigenvalue weighted by molar-refractivity contribution is 0.131. The third-order valence-corrected chi connectivity index (χ3v) is 5.76. The van der Waals surface area contributed by atoms with Crippen LogP contribution < -0.4 is 4.74 Å². The van der Waals surface area contributed by atoms with E-state index < -0.39 is 0 Å². The fourth-order valence-corrected chi connectivity index (χ4v) is 4.19. The van der Waals surface area contributed by atoms with Gasteiger partial charge in [0, 0.05) is 38.6 Å². The number of aliphatic hydroxyl groups is 1. The number of hydrogen-bond acceptors (Lipinski definition) is 4. The van der Waals surface area contributed by atoms with Crippen LogP contribution in [0.1, 0.15) is 41.4 Å². The van der Waals surface area contributed by atoms with E-state index in [4.69, 9.17) is 4.74 Å². The third-order valence-electron chi connectivity index (χ3n) is 5.76. The molecular formula is C24H29N3O2. The van der Waals surface area contributed by atoms with Crippen molar-refractivity contribution in [3.05, 3.63) is 83.4 Å². The van der Waals surface area contributed by atoms with Gasteiger partial charge in [0.15, 0.2) is 0 Å². The van der Waals surface area contributed by atoms with E-state index in [2.05, 4.69) is 46.3 Å². The first-order valence-corrected chi connectivity index (χ1v) is 10.4. The smallest absolute Gasteiger partial charge is 0.146 e. The van der Waals surface area contributed by atoms with Crippen LogP contribution in [0.15, 0.2) is 60.9 Å². The number of aliphatic hydroxyl groups excluding tert-OH is 1. The Bertz CT molecular complexity index is 920. The summed E-state index contributed by atoms with van der Waals surface area (Å²) in [6.07, 6.45) is 7.19. The van der Waals surface area contributed by atoms with Crippen LogP contribution in [0, 0.1) is 0 Å². The molecule has 152 valence electrons. The number of aromatic nitrogens is 2. The summed E-state index contributed by atoms with van der Waals surface area (Å²) >= 11 is 0. The van der Waals surface area contributed by atoms with E-state index in [9.17, 15) is 5.11 Å². The Labute approximate surface area is 172 Å². The fraction of sp³-hybridized carbons (Fsp3) is 0.375. The summed E-state index contributed by atoms with van der Waals surface area (Å²) in [5.41, 5.74) is 4.10. The van der Waals surface area contributed by atoms with Gasteiger partial charge in [0.1, 0.15) is 18.2 Å². The lowest BCUT2D eigenvalue weighted by Gasteiger charge is -2.35. The minimum Gasteiger partial charge on any atom is -0.486 e. The standard InChI is InChI=1S/C24H29N3O2/c1-26-14-13-25-24(26)18-29-21-11-9-19(10-12-21)17-27(15-16-28)23-8-4-6-20-5-2-3-7-22(20)23/h2-3,5,7,9-14,23,28H,4,6,8,15-18H2,1H3. The molecule has 0 fully saturated rings. The monoisotopic (exact) mass is 391 g/mol. The largest absolute Gasteiger partial charge is 0.486 e. The predicted molar refractivity (Wildman–Crippen MR) is 114 cm³/mol. The zero-order valence-corrected chi connectivity index (χ0v) is 17.0. The van der Waals surface area contributed by atoms with Gasteiger partial charge < -0.3 is 14.4 Å². The highest BCUT2D eigenvalue weighted by atomic mass is 16.5. The molecule has 2 aromatic carbocycles. The SMILES string of the molecule is Cn1ccnc1COc1ccc(CN(CCO)C2CCCc3ccccc32)cc1. The van der Waals surface area contributed by atoms with Crippen molar-refractivity contribution in [3.63, 3.8) is 0 Å². The molecule has 1 aromatic heterocycles. The van der Waals surface area contributed by atoms with Crippen LogP contribution in [0.25, 0.3) is 0 Å². The zero-order valence-electron chi connectivity index (χ0n) is 17.0. The second kappa shape index (κ2) is 9.25. The average molecular weight is 392 g/mol. The highest BCUT2D eigenvalue weighted by Gasteiger charge is 2.25. The van der Waals surface area contributed by atoms with Crippen molar-refractivity contribution in [1.29, 1.82) is 0 Å². The summed E-state index contributed by atoms with van der Waals surface area (Å²) in [5, 5.41) is 9.65. The Kier molecular flexibility index (Phi) is 6.27. The second-order valence-corrected chi connectivity index (χ2v) is 7.69. The van der Waals surface area contributed by atoms with Gasteiger partial charge in [-0.1, -0.05) is 36.4 Å². The predicted octanol–water partition coefficient (Wildman–Crippen LogP) is 3.87. The molecule has 5 heteroatoms. The minimum absolute atomic E-state index is 0.170. The van der Waals surface area contributed by atoms with Crippen molar-refractivity contribution in [1.82, 2.24) is 14.5 Å². The molecule has 0 saturated heterocycles. The van der Waals surface area contributed by atoms with Gasteiger partial charge in [-0.3, -0.25) is 4.90 Å². The molecule has 0 amide bonds. The number of aryl methyl sites for hydroxylation is 2. The molecular weight excluding hydrogens is 362 g/mol. The van der Waals surface area contributed by atoms with E-state index in [1.165, 1.54) is 23.1 Å². The Morgan fingerprint density at radius 1 is 1.17 bits per heavy atom. The first-order valence-electron chi connectivity index (χ1n) is 10.4. The van der Waals surface area contributed by atoms with E-state index >= 15 is 0 Å². The molecule has 1 heterocycles. The van der Waals surface area contributed by atoms with Crippen molar-refractivity contribution in [2.45, 2.75) is 38.5 Å². The maximum absolute atomic E-state index is 9.65. The van der Waals surface area contributed by atoms with Gasteiger partial charge >= 0.3 is 0 Å². The molecule has 1 aliphatic carbocycles. The highest BCUT2D eigenvalue weighted by molar-refractivity contribution is 5.33. The Morgan fingerprint density at radius 2 is 2.00 bits per heavy atom. The normalized spacial score (nSPS) is 16.0. The van der Waals surface area contributed by atoms with Crippen molar-refractivity contribution in [2.24, 2.45) is 7.05 Å². The first kappa shape index (κ1) is 19.7. The number of fused-ring (bicyclic) bond motifs is 1. The first-order chi connectivity index (χ1) is 14.2. The van der Waals surface area contributed by atoms with E-state index in [1.54, 1.807) is 6.20 Å². The van der Waals surface area contributed by atoms with E-state index in [-0.39, 0.29) is 6.61 Å². The van der Waals surface area contributed by atoms with Gasteiger partial charge in [-0.2, -0.15) is 0 Å². The van der Waals surface area contributed by atoms with Gasteiger partial charge in [0.05, 0.1) is 6.61 Å². The molecule has 1 unspecified atom stereocenters. The Morgan fingerprint density at radius 3 is 2.76 bits per heavy atom. The van der Waals surface area contributed by atoms with Gasteiger partial charge in [0.25, 0.3) is 0 Å². The third kappa shape index (κ3) is 4.69. The highest BCUT2D eigenvalue weighted by Crippen LogP contribution is 2.35. The molecule has 0 spiro atoms. The molecule has 1 N–H and O–H groups in total. The van der Waals surface area contributed by atoms with Crippen molar-refractivity contribution in [2.75, 3.05) is 13.2 Å². The average Bonchev–Trinajstić information content (AvgIpc) is 3.17.